The summed E-state index contributed by atoms with van der Waals surface area (Å²) in [6, 6.07) is 5.56. The van der Waals surface area contributed by atoms with E-state index in [-0.39, 0.29) is 25.3 Å². The number of nitriles is 2. The average Bonchev–Trinajstić information content (AvgIpc) is 2.75. The molecule has 0 unspecified atom stereocenters. The van der Waals surface area contributed by atoms with Gasteiger partial charge in [0.1, 0.15) is 12.4 Å². The van der Waals surface area contributed by atoms with Gasteiger partial charge in [-0.15, -0.1) is 0 Å². The Morgan fingerprint density at radius 3 is 2.44 bits per heavy atom. The minimum Gasteiger partial charge on any atom is -0.382 e. The highest BCUT2D eigenvalue weighted by molar-refractivity contribution is 5.76. The van der Waals surface area contributed by atoms with Crippen molar-refractivity contribution < 1.29 is 4.79 Å². The first kappa shape index (κ1) is 13.5. The third kappa shape index (κ3) is 4.14. The van der Waals surface area contributed by atoms with Crippen LogP contribution in [0, 0.1) is 22.7 Å². The number of hydrogen-bond acceptors (Lipinski definition) is 5. The predicted octanol–water partition coefficient (Wildman–Crippen LogP) is 0.121. The largest absolute Gasteiger partial charge is 0.382 e. The van der Waals surface area contributed by atoms with Crippen molar-refractivity contribution in [3.63, 3.8) is 0 Å². The summed E-state index contributed by atoms with van der Waals surface area (Å²) in [6.07, 6.45) is 2.11. The van der Waals surface area contributed by atoms with Crippen LogP contribution < -0.4 is 5.73 Å². The summed E-state index contributed by atoms with van der Waals surface area (Å²) in [5, 5.41) is 21.0. The Balaban J connectivity index is 2.58. The summed E-state index contributed by atoms with van der Waals surface area (Å²) in [5.41, 5.74) is 5.45. The lowest BCUT2D eigenvalue weighted by Gasteiger charge is -2.20. The molecule has 0 aliphatic heterocycles. The Kier molecular flexibility index (Phi) is 5.20. The summed E-state index contributed by atoms with van der Waals surface area (Å²) >= 11 is 0. The van der Waals surface area contributed by atoms with E-state index in [9.17, 15) is 4.79 Å². The first-order valence-electron chi connectivity index (χ1n) is 5.48. The molecule has 7 nitrogen and oxygen atoms in total. The number of nitrogen functional groups attached to an aromatic ring is 1. The molecular formula is C11H14N6O. The van der Waals surface area contributed by atoms with Gasteiger partial charge in [-0.05, 0) is 6.07 Å². The fraction of sp³-hybridized carbons (Fsp3) is 0.455. The molecule has 94 valence electrons. The Bertz CT molecular complexity index is 462. The summed E-state index contributed by atoms with van der Waals surface area (Å²) in [5.74, 6) is 0.173. The third-order valence-electron chi connectivity index (χ3n) is 2.30. The lowest BCUT2D eigenvalue weighted by molar-refractivity contribution is -0.131. The SMILES string of the molecule is N#CCCN(CCC#N)C(=O)Cn1ccc(N)n1. The Morgan fingerprint density at radius 2 is 2.00 bits per heavy atom. The zero-order valence-electron chi connectivity index (χ0n) is 9.91. The van der Waals surface area contributed by atoms with Gasteiger partial charge < -0.3 is 10.6 Å². The number of nitrogens with zero attached hydrogens (tertiary/aromatic N) is 5. The van der Waals surface area contributed by atoms with Crippen LogP contribution in [0.25, 0.3) is 0 Å². The van der Waals surface area contributed by atoms with Gasteiger partial charge in [-0.2, -0.15) is 15.6 Å². The highest BCUT2D eigenvalue weighted by Gasteiger charge is 2.13. The van der Waals surface area contributed by atoms with E-state index in [2.05, 4.69) is 5.10 Å². The first-order chi connectivity index (χ1) is 8.67. The predicted molar refractivity (Wildman–Crippen MR) is 63.7 cm³/mol. The van der Waals surface area contributed by atoms with E-state index in [1.54, 1.807) is 12.3 Å². The molecule has 1 aromatic heterocycles. The van der Waals surface area contributed by atoms with Gasteiger partial charge in [0.25, 0.3) is 0 Å². The summed E-state index contributed by atoms with van der Waals surface area (Å²) in [7, 11) is 0. The maximum Gasteiger partial charge on any atom is 0.244 e. The van der Waals surface area contributed by atoms with Crippen molar-refractivity contribution in [2.75, 3.05) is 18.8 Å². The molecule has 0 saturated heterocycles. The van der Waals surface area contributed by atoms with E-state index in [1.807, 2.05) is 12.1 Å². The molecule has 0 atom stereocenters. The van der Waals surface area contributed by atoms with Crippen LogP contribution >= 0.6 is 0 Å². The lowest BCUT2D eigenvalue weighted by atomic mass is 10.3. The Labute approximate surface area is 105 Å². The molecule has 0 aliphatic rings. The molecular weight excluding hydrogens is 232 g/mol. The average molecular weight is 246 g/mol. The van der Waals surface area contributed by atoms with Gasteiger partial charge in [0, 0.05) is 19.3 Å². The van der Waals surface area contributed by atoms with Gasteiger partial charge >= 0.3 is 0 Å². The highest BCUT2D eigenvalue weighted by Crippen LogP contribution is 2.00. The maximum absolute atomic E-state index is 11.9. The molecule has 0 bridgehead atoms. The number of nitrogens with two attached hydrogens (primary N) is 1. The zero-order chi connectivity index (χ0) is 13.4. The molecule has 1 aromatic rings. The molecule has 0 radical (unpaired) electrons. The van der Waals surface area contributed by atoms with E-state index >= 15 is 0 Å². The number of carbonyl (C=O) groups excluding carboxylic acids is 1. The second kappa shape index (κ2) is 6.92. The van der Waals surface area contributed by atoms with E-state index in [0.717, 1.165) is 0 Å². The van der Waals surface area contributed by atoms with Crippen LogP contribution in [-0.4, -0.2) is 33.7 Å². The standard InChI is InChI=1S/C11H14N6O/c12-4-1-6-16(7-2-5-13)11(18)9-17-8-3-10(14)15-17/h3,8H,1-2,6-7,9H2,(H2,14,15). The minimum absolute atomic E-state index is 0.0635. The van der Waals surface area contributed by atoms with Gasteiger partial charge in [-0.25, -0.2) is 0 Å². The molecule has 0 aromatic carbocycles. The molecule has 0 spiro atoms. The van der Waals surface area contributed by atoms with E-state index < -0.39 is 0 Å². The number of carbonyl (C=O) groups is 1. The van der Waals surface area contributed by atoms with E-state index in [0.29, 0.717) is 18.9 Å². The monoisotopic (exact) mass is 246 g/mol. The molecule has 0 aliphatic carbocycles. The van der Waals surface area contributed by atoms with Crippen LogP contribution in [0.4, 0.5) is 5.82 Å². The van der Waals surface area contributed by atoms with Gasteiger partial charge in [0.05, 0.1) is 25.0 Å². The highest BCUT2D eigenvalue weighted by atomic mass is 16.2. The van der Waals surface area contributed by atoms with Crippen LogP contribution in [0.3, 0.4) is 0 Å². The number of hydrogen-bond donors (Lipinski definition) is 1. The topological polar surface area (TPSA) is 112 Å². The molecule has 7 heteroatoms. The van der Waals surface area contributed by atoms with Crippen molar-refractivity contribution in [3.8, 4) is 12.1 Å². The Hall–Kier alpha value is -2.54. The lowest BCUT2D eigenvalue weighted by Crippen LogP contribution is -2.35. The minimum atomic E-state index is -0.177. The van der Waals surface area contributed by atoms with Gasteiger partial charge in [-0.3, -0.25) is 9.48 Å². The number of anilines is 1. The second-order valence-corrected chi connectivity index (χ2v) is 3.64. The second-order valence-electron chi connectivity index (χ2n) is 3.64. The van der Waals surface area contributed by atoms with Crippen molar-refractivity contribution in [1.82, 2.24) is 14.7 Å². The molecule has 1 amide bonds. The van der Waals surface area contributed by atoms with Gasteiger partial charge in [-0.1, -0.05) is 0 Å². The maximum atomic E-state index is 11.9. The van der Waals surface area contributed by atoms with Crippen molar-refractivity contribution >= 4 is 11.7 Å². The fourth-order valence-electron chi connectivity index (χ4n) is 1.44. The zero-order valence-corrected chi connectivity index (χ0v) is 9.91. The van der Waals surface area contributed by atoms with Crippen LogP contribution in [-0.2, 0) is 11.3 Å². The molecule has 1 heterocycles. The van der Waals surface area contributed by atoms with Crippen LogP contribution in [0.1, 0.15) is 12.8 Å². The first-order valence-corrected chi connectivity index (χ1v) is 5.48. The number of amides is 1. The quantitative estimate of drug-likeness (QED) is 0.766. The molecule has 18 heavy (non-hydrogen) atoms. The molecule has 0 fully saturated rings. The summed E-state index contributed by atoms with van der Waals surface area (Å²) < 4.78 is 1.43. The number of rotatable bonds is 6. The van der Waals surface area contributed by atoms with Crippen molar-refractivity contribution in [3.05, 3.63) is 12.3 Å². The fourth-order valence-corrected chi connectivity index (χ4v) is 1.44. The Morgan fingerprint density at radius 1 is 1.39 bits per heavy atom. The molecule has 0 saturated carbocycles. The summed E-state index contributed by atoms with van der Waals surface area (Å²) in [4.78, 5) is 13.4. The van der Waals surface area contributed by atoms with Crippen molar-refractivity contribution in [2.24, 2.45) is 0 Å². The smallest absolute Gasteiger partial charge is 0.244 e. The third-order valence-corrected chi connectivity index (χ3v) is 2.30. The van der Waals surface area contributed by atoms with E-state index in [4.69, 9.17) is 16.3 Å². The number of aromatic nitrogens is 2. The van der Waals surface area contributed by atoms with Crippen molar-refractivity contribution in [1.29, 1.82) is 10.5 Å². The van der Waals surface area contributed by atoms with Crippen LogP contribution in [0.5, 0.6) is 0 Å². The normalized spacial score (nSPS) is 9.44. The van der Waals surface area contributed by atoms with Crippen LogP contribution in [0.2, 0.25) is 0 Å². The van der Waals surface area contributed by atoms with Gasteiger partial charge in [0.2, 0.25) is 5.91 Å². The van der Waals surface area contributed by atoms with E-state index in [1.165, 1.54) is 9.58 Å². The molecule has 2 N–H and O–H groups in total. The van der Waals surface area contributed by atoms with Crippen LogP contribution in [0.15, 0.2) is 12.3 Å². The summed E-state index contributed by atoms with van der Waals surface area (Å²) in [6.45, 7) is 0.718. The molecule has 1 rings (SSSR count). The van der Waals surface area contributed by atoms with Crippen molar-refractivity contribution in [2.45, 2.75) is 19.4 Å². The van der Waals surface area contributed by atoms with Gasteiger partial charge in [0.15, 0.2) is 0 Å².